The second-order valence-corrected chi connectivity index (χ2v) is 5.77. The molecular formula is C15H21Cl2N5O. The van der Waals surface area contributed by atoms with E-state index in [4.69, 9.17) is 17.3 Å². The molecule has 0 fully saturated rings. The molecule has 2 aromatic heterocycles. The number of nitrogens with zero attached hydrogens (tertiary/aromatic N) is 3. The summed E-state index contributed by atoms with van der Waals surface area (Å²) in [5.41, 5.74) is 7.68. The number of halogens is 2. The fraction of sp³-hybridized carbons (Fsp3) is 0.400. The predicted octanol–water partition coefficient (Wildman–Crippen LogP) is 2.43. The first-order valence-corrected chi connectivity index (χ1v) is 7.50. The Morgan fingerprint density at radius 3 is 2.70 bits per heavy atom. The number of carbonyl (C=O) groups excluding carboxylic acids is 1. The van der Waals surface area contributed by atoms with Gasteiger partial charge >= 0.3 is 0 Å². The summed E-state index contributed by atoms with van der Waals surface area (Å²) in [6.45, 7) is 6.21. The average Bonchev–Trinajstić information content (AvgIpc) is 2.77. The second kappa shape index (κ2) is 8.29. The third-order valence-electron chi connectivity index (χ3n) is 3.16. The SMILES string of the molecule is Cc1cc(C)n(-c2ccc(Cl)c(C(=O)NCCC(C)N)n2)n1.Cl. The molecule has 1 amide bonds. The van der Waals surface area contributed by atoms with Crippen molar-refractivity contribution >= 4 is 29.9 Å². The van der Waals surface area contributed by atoms with Gasteiger partial charge in [0.1, 0.15) is 5.69 Å². The number of nitrogens with one attached hydrogen (secondary N) is 1. The first kappa shape index (κ1) is 19.4. The van der Waals surface area contributed by atoms with Gasteiger partial charge in [-0.15, -0.1) is 12.4 Å². The van der Waals surface area contributed by atoms with Gasteiger partial charge in [-0.05, 0) is 45.4 Å². The van der Waals surface area contributed by atoms with Gasteiger partial charge < -0.3 is 11.1 Å². The van der Waals surface area contributed by atoms with Crippen molar-refractivity contribution in [1.29, 1.82) is 0 Å². The standard InChI is InChI=1S/C15H20ClN5O.ClH/c1-9(17)6-7-18-15(22)14-12(16)4-5-13(19-14)21-11(3)8-10(2)20-21;/h4-5,8-9H,6-7,17H2,1-3H3,(H,18,22);1H. The van der Waals surface area contributed by atoms with Gasteiger partial charge in [0.05, 0.1) is 10.7 Å². The number of rotatable bonds is 5. The van der Waals surface area contributed by atoms with Crippen LogP contribution in [0.15, 0.2) is 18.2 Å². The minimum Gasteiger partial charge on any atom is -0.351 e. The van der Waals surface area contributed by atoms with Crippen LogP contribution in [0.5, 0.6) is 0 Å². The summed E-state index contributed by atoms with van der Waals surface area (Å²) < 4.78 is 1.68. The minimum absolute atomic E-state index is 0. The first-order chi connectivity index (χ1) is 10.4. The normalized spacial score (nSPS) is 11.7. The van der Waals surface area contributed by atoms with Crippen LogP contribution >= 0.6 is 24.0 Å². The molecule has 0 aliphatic heterocycles. The van der Waals surface area contributed by atoms with E-state index >= 15 is 0 Å². The Labute approximate surface area is 146 Å². The lowest BCUT2D eigenvalue weighted by molar-refractivity contribution is 0.0948. The lowest BCUT2D eigenvalue weighted by Crippen LogP contribution is -2.30. The van der Waals surface area contributed by atoms with Crippen LogP contribution in [0.2, 0.25) is 5.02 Å². The number of amides is 1. The zero-order valence-corrected chi connectivity index (χ0v) is 14.9. The smallest absolute Gasteiger partial charge is 0.271 e. The van der Waals surface area contributed by atoms with Crippen molar-refractivity contribution in [3.63, 3.8) is 0 Å². The summed E-state index contributed by atoms with van der Waals surface area (Å²) in [7, 11) is 0. The van der Waals surface area contributed by atoms with E-state index in [1.54, 1.807) is 16.8 Å². The molecule has 0 aliphatic carbocycles. The van der Waals surface area contributed by atoms with Crippen LogP contribution in [0, 0.1) is 13.8 Å². The van der Waals surface area contributed by atoms with Gasteiger partial charge in [0.25, 0.3) is 5.91 Å². The number of pyridine rings is 1. The Morgan fingerprint density at radius 1 is 1.43 bits per heavy atom. The maximum atomic E-state index is 12.2. The van der Waals surface area contributed by atoms with E-state index in [9.17, 15) is 4.79 Å². The molecule has 2 aromatic rings. The predicted molar refractivity (Wildman–Crippen MR) is 93.7 cm³/mol. The molecule has 23 heavy (non-hydrogen) atoms. The lowest BCUT2D eigenvalue weighted by atomic mass is 10.2. The highest BCUT2D eigenvalue weighted by molar-refractivity contribution is 6.33. The van der Waals surface area contributed by atoms with E-state index in [2.05, 4.69) is 15.4 Å². The summed E-state index contributed by atoms with van der Waals surface area (Å²) in [6.07, 6.45) is 0.695. The van der Waals surface area contributed by atoms with Crippen LogP contribution in [-0.2, 0) is 0 Å². The largest absolute Gasteiger partial charge is 0.351 e. The quantitative estimate of drug-likeness (QED) is 0.860. The Bertz CT molecular complexity index is 685. The van der Waals surface area contributed by atoms with Crippen LogP contribution in [0.3, 0.4) is 0 Å². The molecule has 0 bridgehead atoms. The zero-order chi connectivity index (χ0) is 16.3. The number of aryl methyl sites for hydroxylation is 2. The fourth-order valence-corrected chi connectivity index (χ4v) is 2.26. The number of hydrogen-bond acceptors (Lipinski definition) is 4. The van der Waals surface area contributed by atoms with Crippen molar-refractivity contribution in [1.82, 2.24) is 20.1 Å². The van der Waals surface area contributed by atoms with E-state index in [-0.39, 0.29) is 30.0 Å². The highest BCUT2D eigenvalue weighted by atomic mass is 35.5. The molecule has 0 aliphatic rings. The third-order valence-corrected chi connectivity index (χ3v) is 3.46. The molecule has 0 saturated heterocycles. The van der Waals surface area contributed by atoms with Gasteiger partial charge in [-0.3, -0.25) is 4.79 Å². The Balaban J connectivity index is 0.00000264. The number of aromatic nitrogens is 3. The van der Waals surface area contributed by atoms with Crippen LogP contribution in [0.4, 0.5) is 0 Å². The number of nitrogens with two attached hydrogens (primary N) is 1. The van der Waals surface area contributed by atoms with E-state index in [1.165, 1.54) is 0 Å². The maximum absolute atomic E-state index is 12.2. The molecule has 3 N–H and O–H groups in total. The van der Waals surface area contributed by atoms with Gasteiger partial charge in [-0.25, -0.2) is 9.67 Å². The highest BCUT2D eigenvalue weighted by Gasteiger charge is 2.15. The molecule has 6 nitrogen and oxygen atoms in total. The third kappa shape index (κ3) is 4.92. The summed E-state index contributed by atoms with van der Waals surface area (Å²) in [6, 6.07) is 5.37. The second-order valence-electron chi connectivity index (χ2n) is 5.36. The summed E-state index contributed by atoms with van der Waals surface area (Å²) in [4.78, 5) is 16.5. The van der Waals surface area contributed by atoms with Gasteiger partial charge in [0, 0.05) is 18.3 Å². The minimum atomic E-state index is -0.311. The molecular weight excluding hydrogens is 337 g/mol. The fourth-order valence-electron chi connectivity index (χ4n) is 2.07. The molecule has 126 valence electrons. The van der Waals surface area contributed by atoms with E-state index in [0.29, 0.717) is 23.8 Å². The van der Waals surface area contributed by atoms with Crippen molar-refractivity contribution in [3.05, 3.63) is 40.3 Å². The van der Waals surface area contributed by atoms with E-state index < -0.39 is 0 Å². The van der Waals surface area contributed by atoms with Crippen molar-refractivity contribution in [2.75, 3.05) is 6.54 Å². The van der Waals surface area contributed by atoms with Gasteiger partial charge in [0.2, 0.25) is 0 Å². The summed E-state index contributed by atoms with van der Waals surface area (Å²) >= 11 is 6.09. The summed E-state index contributed by atoms with van der Waals surface area (Å²) in [5.74, 6) is 0.251. The first-order valence-electron chi connectivity index (χ1n) is 7.12. The molecule has 0 saturated carbocycles. The summed E-state index contributed by atoms with van der Waals surface area (Å²) in [5, 5.41) is 7.44. The Kier molecular flexibility index (Phi) is 7.00. The molecule has 0 radical (unpaired) electrons. The maximum Gasteiger partial charge on any atom is 0.271 e. The van der Waals surface area contributed by atoms with Crippen LogP contribution in [0.1, 0.15) is 35.2 Å². The van der Waals surface area contributed by atoms with Crippen molar-refractivity contribution in [3.8, 4) is 5.82 Å². The number of hydrogen-bond donors (Lipinski definition) is 2. The van der Waals surface area contributed by atoms with E-state index in [1.807, 2.05) is 26.8 Å². The molecule has 1 unspecified atom stereocenters. The van der Waals surface area contributed by atoms with Crippen LogP contribution < -0.4 is 11.1 Å². The zero-order valence-electron chi connectivity index (χ0n) is 13.3. The molecule has 8 heteroatoms. The van der Waals surface area contributed by atoms with E-state index in [0.717, 1.165) is 11.4 Å². The molecule has 1 atom stereocenters. The topological polar surface area (TPSA) is 85.8 Å². The van der Waals surface area contributed by atoms with Gasteiger partial charge in [-0.1, -0.05) is 11.6 Å². The average molecular weight is 358 g/mol. The molecule has 0 spiro atoms. The van der Waals surface area contributed by atoms with Gasteiger partial charge in [0.15, 0.2) is 5.82 Å². The lowest BCUT2D eigenvalue weighted by Gasteiger charge is -2.10. The Hall–Kier alpha value is -1.63. The van der Waals surface area contributed by atoms with Crippen molar-refractivity contribution < 1.29 is 4.79 Å². The van der Waals surface area contributed by atoms with Gasteiger partial charge in [-0.2, -0.15) is 5.10 Å². The Morgan fingerprint density at radius 2 is 2.13 bits per heavy atom. The molecule has 2 heterocycles. The van der Waals surface area contributed by atoms with Crippen LogP contribution in [-0.4, -0.2) is 33.3 Å². The number of carbonyl (C=O) groups is 1. The van der Waals surface area contributed by atoms with Crippen molar-refractivity contribution in [2.24, 2.45) is 5.73 Å². The molecule has 2 rings (SSSR count). The van der Waals surface area contributed by atoms with Crippen molar-refractivity contribution in [2.45, 2.75) is 33.2 Å². The van der Waals surface area contributed by atoms with Crippen LogP contribution in [0.25, 0.3) is 5.82 Å². The molecule has 0 aromatic carbocycles. The highest BCUT2D eigenvalue weighted by Crippen LogP contribution is 2.17. The monoisotopic (exact) mass is 357 g/mol.